The zero-order valence-corrected chi connectivity index (χ0v) is 21.0. The maximum absolute atomic E-state index is 15.6. The van der Waals surface area contributed by atoms with Gasteiger partial charge in [-0.15, -0.1) is 0 Å². The lowest BCUT2D eigenvalue weighted by Crippen LogP contribution is -2.41. The number of hydrogen-bond acceptors (Lipinski definition) is 6. The Morgan fingerprint density at radius 2 is 1.89 bits per heavy atom. The number of aliphatic hydroxyl groups is 1. The third-order valence-electron chi connectivity index (χ3n) is 5.95. The van der Waals surface area contributed by atoms with Crippen molar-refractivity contribution >= 4 is 40.5 Å². The molecular weight excluding hydrogens is 502 g/mol. The predicted molar refractivity (Wildman–Crippen MR) is 139 cm³/mol. The van der Waals surface area contributed by atoms with Gasteiger partial charge in [-0.05, 0) is 44.2 Å². The second-order valence-electron chi connectivity index (χ2n) is 8.48. The van der Waals surface area contributed by atoms with E-state index in [0.717, 1.165) is 17.0 Å². The van der Waals surface area contributed by atoms with Gasteiger partial charge in [0.25, 0.3) is 0 Å². The van der Waals surface area contributed by atoms with Crippen LogP contribution in [0.15, 0.2) is 42.6 Å². The van der Waals surface area contributed by atoms with Crippen LogP contribution >= 0.6 is 11.6 Å². The van der Waals surface area contributed by atoms with E-state index >= 15 is 8.78 Å². The molecule has 3 aromatic rings. The predicted octanol–water partition coefficient (Wildman–Crippen LogP) is 5.03. The maximum Gasteiger partial charge on any atom is 0.334 e. The fourth-order valence-corrected chi connectivity index (χ4v) is 4.30. The van der Waals surface area contributed by atoms with E-state index in [1.54, 1.807) is 25.1 Å². The lowest BCUT2D eigenvalue weighted by molar-refractivity contribution is 0.253. The summed E-state index contributed by atoms with van der Waals surface area (Å²) in [5.74, 6) is -1.64. The number of benzene rings is 2. The molecule has 1 atom stereocenters. The first kappa shape index (κ1) is 26.3. The number of fused-ring (bicyclic) bond motifs is 3. The van der Waals surface area contributed by atoms with Gasteiger partial charge >= 0.3 is 6.03 Å². The molecule has 0 saturated carbocycles. The number of nitriles is 1. The number of nitrogens with zero attached hydrogens (tertiary/aromatic N) is 4. The summed E-state index contributed by atoms with van der Waals surface area (Å²) >= 11 is 6.21. The zero-order valence-electron chi connectivity index (χ0n) is 20.2. The Balaban J connectivity index is 1.81. The van der Waals surface area contributed by atoms with Crippen LogP contribution in [-0.4, -0.2) is 48.4 Å². The van der Waals surface area contributed by atoms with Crippen LogP contribution < -0.4 is 20.4 Å². The standard InChI is InChI=1S/C26H25ClF2N6O2/c1-3-34-25-20(9-17(27)13-33-25)19-5-4-16(12-30)8-23(19)35(26(34)37)24-21(28)10-18(11-22(24)29)32-7-6-31-15(2)14-36/h4-5,8-11,13,15,31-32,36H,3,6-7,14H2,1-2H3/t15-/m1/s1. The summed E-state index contributed by atoms with van der Waals surface area (Å²) < 4.78 is 31.1. The van der Waals surface area contributed by atoms with E-state index in [9.17, 15) is 10.1 Å². The number of aromatic nitrogens is 1. The molecule has 11 heteroatoms. The first-order chi connectivity index (χ1) is 17.8. The molecule has 1 aliphatic heterocycles. The highest BCUT2D eigenvalue weighted by atomic mass is 35.5. The average Bonchev–Trinajstić information content (AvgIpc) is 2.98. The van der Waals surface area contributed by atoms with Gasteiger partial charge in [-0.3, -0.25) is 9.80 Å². The Bertz CT molecular complexity index is 1360. The van der Waals surface area contributed by atoms with Crippen molar-refractivity contribution in [3.8, 4) is 17.2 Å². The van der Waals surface area contributed by atoms with E-state index in [0.29, 0.717) is 29.2 Å². The lowest BCUT2D eigenvalue weighted by atomic mass is 10.0. The Labute approximate surface area is 218 Å². The van der Waals surface area contributed by atoms with Crippen LogP contribution in [0.3, 0.4) is 0 Å². The number of hydrogen-bond donors (Lipinski definition) is 3. The highest BCUT2D eigenvalue weighted by molar-refractivity contribution is 6.31. The lowest BCUT2D eigenvalue weighted by Gasteiger charge is -2.28. The van der Waals surface area contributed by atoms with Crippen molar-refractivity contribution in [2.75, 3.05) is 41.4 Å². The molecule has 4 rings (SSSR count). The van der Waals surface area contributed by atoms with Gasteiger partial charge in [0.2, 0.25) is 0 Å². The van der Waals surface area contributed by atoms with Gasteiger partial charge < -0.3 is 15.7 Å². The van der Waals surface area contributed by atoms with Gasteiger partial charge in [-0.1, -0.05) is 17.7 Å². The Morgan fingerprint density at radius 1 is 1.16 bits per heavy atom. The molecular formula is C26H25ClF2N6O2. The Kier molecular flexibility index (Phi) is 7.88. The summed E-state index contributed by atoms with van der Waals surface area (Å²) in [5.41, 5.74) is 0.894. The molecule has 8 nitrogen and oxygen atoms in total. The highest BCUT2D eigenvalue weighted by Gasteiger charge is 2.36. The van der Waals surface area contributed by atoms with E-state index in [1.165, 1.54) is 17.2 Å². The van der Waals surface area contributed by atoms with Crippen LogP contribution in [-0.2, 0) is 0 Å². The largest absolute Gasteiger partial charge is 0.395 e. The molecule has 0 fully saturated rings. The van der Waals surface area contributed by atoms with Crippen molar-refractivity contribution in [1.29, 1.82) is 5.26 Å². The van der Waals surface area contributed by atoms with Crippen molar-refractivity contribution in [3.05, 3.63) is 64.8 Å². The summed E-state index contributed by atoms with van der Waals surface area (Å²) in [5, 5.41) is 24.9. The van der Waals surface area contributed by atoms with E-state index in [1.807, 2.05) is 13.0 Å². The van der Waals surface area contributed by atoms with E-state index < -0.39 is 23.4 Å². The maximum atomic E-state index is 15.6. The summed E-state index contributed by atoms with van der Waals surface area (Å²) in [6, 6.07) is 9.59. The molecule has 0 aliphatic carbocycles. The fraction of sp³-hybridized carbons (Fsp3) is 0.269. The van der Waals surface area contributed by atoms with Crippen molar-refractivity contribution in [3.63, 3.8) is 0 Å². The fourth-order valence-electron chi connectivity index (χ4n) is 4.15. The van der Waals surface area contributed by atoms with Crippen molar-refractivity contribution in [2.24, 2.45) is 0 Å². The van der Waals surface area contributed by atoms with Gasteiger partial charge in [-0.2, -0.15) is 5.26 Å². The first-order valence-electron chi connectivity index (χ1n) is 11.7. The number of carbonyl (C=O) groups is 1. The molecule has 0 bridgehead atoms. The number of aliphatic hydroxyl groups excluding tert-OH is 1. The van der Waals surface area contributed by atoms with E-state index in [4.69, 9.17) is 16.7 Å². The van der Waals surface area contributed by atoms with Crippen molar-refractivity contribution in [2.45, 2.75) is 19.9 Å². The number of pyridine rings is 1. The number of halogens is 3. The molecule has 1 aromatic heterocycles. The second kappa shape index (κ2) is 11.1. The minimum absolute atomic E-state index is 0.0306. The number of anilines is 4. The van der Waals surface area contributed by atoms with Gasteiger partial charge in [0, 0.05) is 48.7 Å². The molecule has 2 aromatic carbocycles. The average molecular weight is 527 g/mol. The monoisotopic (exact) mass is 526 g/mol. The number of nitrogens with one attached hydrogen (secondary N) is 2. The van der Waals surface area contributed by atoms with Gasteiger partial charge in [-0.25, -0.2) is 18.6 Å². The van der Waals surface area contributed by atoms with E-state index in [2.05, 4.69) is 15.6 Å². The number of urea groups is 1. The van der Waals surface area contributed by atoms with Gasteiger partial charge in [0.1, 0.15) is 11.5 Å². The molecule has 2 amide bonds. The van der Waals surface area contributed by atoms with Crippen LogP contribution in [0.4, 0.5) is 36.5 Å². The third kappa shape index (κ3) is 5.20. The highest BCUT2D eigenvalue weighted by Crippen LogP contribution is 2.45. The molecule has 0 spiro atoms. The van der Waals surface area contributed by atoms with Crippen molar-refractivity contribution in [1.82, 2.24) is 10.3 Å². The molecule has 2 heterocycles. The molecule has 0 radical (unpaired) electrons. The summed E-state index contributed by atoms with van der Waals surface area (Å²) in [7, 11) is 0. The zero-order chi connectivity index (χ0) is 26.7. The smallest absolute Gasteiger partial charge is 0.334 e. The molecule has 192 valence electrons. The molecule has 37 heavy (non-hydrogen) atoms. The first-order valence-corrected chi connectivity index (χ1v) is 12.1. The third-order valence-corrected chi connectivity index (χ3v) is 6.15. The van der Waals surface area contributed by atoms with Gasteiger partial charge in [0.05, 0.1) is 28.9 Å². The summed E-state index contributed by atoms with van der Waals surface area (Å²) in [6.45, 7) is 4.47. The van der Waals surface area contributed by atoms with E-state index in [-0.39, 0.29) is 41.9 Å². The topological polar surface area (TPSA) is 105 Å². The van der Waals surface area contributed by atoms with Crippen LogP contribution in [0.2, 0.25) is 5.02 Å². The quantitative estimate of drug-likeness (QED) is 0.356. The van der Waals surface area contributed by atoms with Gasteiger partial charge in [0.15, 0.2) is 11.6 Å². The minimum Gasteiger partial charge on any atom is -0.395 e. The molecule has 0 saturated heterocycles. The Morgan fingerprint density at radius 3 is 2.54 bits per heavy atom. The number of amides is 2. The van der Waals surface area contributed by atoms with Crippen LogP contribution in [0.25, 0.3) is 11.1 Å². The van der Waals surface area contributed by atoms with Crippen molar-refractivity contribution < 1.29 is 18.7 Å². The van der Waals surface area contributed by atoms with Crippen LogP contribution in [0.1, 0.15) is 19.4 Å². The normalized spacial score (nSPS) is 13.5. The minimum atomic E-state index is -0.964. The SMILES string of the molecule is CCN1C(=O)N(c2c(F)cc(NCCN[C@H](C)CO)cc2F)c2cc(C#N)ccc2-c2cc(Cl)cnc21. The number of carbonyl (C=O) groups excluding carboxylic acids is 1. The van der Waals surface area contributed by atoms with Crippen LogP contribution in [0.5, 0.6) is 0 Å². The number of rotatable bonds is 8. The molecule has 1 aliphatic rings. The molecule has 0 unspecified atom stereocenters. The summed E-state index contributed by atoms with van der Waals surface area (Å²) in [4.78, 5) is 20.4. The van der Waals surface area contributed by atoms with Crippen LogP contribution in [0, 0.1) is 23.0 Å². The molecule has 3 N–H and O–H groups in total. The second-order valence-corrected chi connectivity index (χ2v) is 8.92. The summed E-state index contributed by atoms with van der Waals surface area (Å²) in [6.07, 6.45) is 1.40. The Hall–Kier alpha value is -3.78.